The summed E-state index contributed by atoms with van der Waals surface area (Å²) in [6, 6.07) is 0. The molecule has 0 unspecified atom stereocenters. The third kappa shape index (κ3) is 0.777. The fourth-order valence-electron chi connectivity index (χ4n) is 1.38. The molecule has 0 aromatic carbocycles. The Balaban J connectivity index is 2.94. The highest BCUT2D eigenvalue weighted by Gasteiger charge is 2.12. The average molecular weight is 164 g/mol. The minimum absolute atomic E-state index is 0.266. The molecule has 62 valence electrons. The second kappa shape index (κ2) is 2.20. The van der Waals surface area contributed by atoms with Crippen LogP contribution in [0.3, 0.4) is 0 Å². The van der Waals surface area contributed by atoms with Crippen LogP contribution < -0.4 is 11.2 Å². The highest BCUT2D eigenvalue weighted by molar-refractivity contribution is 5.55. The molecule has 1 heterocycles. The molecule has 0 atom stereocenters. The van der Waals surface area contributed by atoms with Crippen molar-refractivity contribution >= 4 is 6.08 Å². The molecule has 4 heteroatoms. The Kier molecular flexibility index (Phi) is 1.30. The molecule has 4 nitrogen and oxygen atoms in total. The van der Waals surface area contributed by atoms with E-state index in [9.17, 15) is 9.59 Å². The molecular formula is C8H8N2O2. The minimum atomic E-state index is -0.356. The van der Waals surface area contributed by atoms with Gasteiger partial charge in [0.25, 0.3) is 5.56 Å². The molecule has 1 N–H and O–H groups in total. The summed E-state index contributed by atoms with van der Waals surface area (Å²) in [4.78, 5) is 24.5. The molecule has 1 aliphatic rings. The van der Waals surface area contributed by atoms with E-state index in [0.29, 0.717) is 12.0 Å². The zero-order valence-electron chi connectivity index (χ0n) is 6.63. The molecule has 0 aliphatic heterocycles. The van der Waals surface area contributed by atoms with E-state index < -0.39 is 0 Å². The number of fused-ring (bicyclic) bond motifs is 1. The molecular weight excluding hydrogens is 156 g/mol. The Labute approximate surface area is 68.2 Å². The van der Waals surface area contributed by atoms with Crippen molar-refractivity contribution in [3.63, 3.8) is 0 Å². The number of aromatic nitrogens is 2. The first kappa shape index (κ1) is 7.09. The van der Waals surface area contributed by atoms with Gasteiger partial charge in [-0.3, -0.25) is 14.3 Å². The summed E-state index contributed by atoms with van der Waals surface area (Å²) in [5.74, 6) is 0. The molecule has 0 saturated carbocycles. The first-order chi connectivity index (χ1) is 5.70. The van der Waals surface area contributed by atoms with Crippen molar-refractivity contribution in [2.24, 2.45) is 7.05 Å². The maximum Gasteiger partial charge on any atom is 0.328 e. The van der Waals surface area contributed by atoms with Crippen molar-refractivity contribution in [3.8, 4) is 0 Å². The number of allylic oxidation sites excluding steroid dienone is 1. The highest BCUT2D eigenvalue weighted by atomic mass is 16.2. The van der Waals surface area contributed by atoms with E-state index in [2.05, 4.69) is 4.98 Å². The average Bonchev–Trinajstić information content (AvgIpc) is 2.48. The molecule has 1 aromatic rings. The molecule has 0 bridgehead atoms. The number of rotatable bonds is 0. The lowest BCUT2D eigenvalue weighted by Crippen LogP contribution is -2.31. The van der Waals surface area contributed by atoms with Gasteiger partial charge in [0.15, 0.2) is 0 Å². The van der Waals surface area contributed by atoms with E-state index in [4.69, 9.17) is 0 Å². The smallest absolute Gasteiger partial charge is 0.297 e. The van der Waals surface area contributed by atoms with Gasteiger partial charge < -0.3 is 0 Å². The summed E-state index contributed by atoms with van der Waals surface area (Å²) >= 11 is 0. The number of nitrogens with zero attached hydrogens (tertiary/aromatic N) is 1. The Bertz CT molecular complexity index is 465. The highest BCUT2D eigenvalue weighted by Crippen LogP contribution is 2.11. The fraction of sp³-hybridized carbons (Fsp3) is 0.250. The molecule has 0 spiro atoms. The lowest BCUT2D eigenvalue weighted by atomic mass is 10.2. The van der Waals surface area contributed by atoms with E-state index in [1.807, 2.05) is 6.08 Å². The zero-order valence-corrected chi connectivity index (χ0v) is 6.63. The summed E-state index contributed by atoms with van der Waals surface area (Å²) in [7, 11) is 1.65. The third-order valence-electron chi connectivity index (χ3n) is 2.07. The maximum atomic E-state index is 11.2. The molecule has 1 aromatic heterocycles. The Hall–Kier alpha value is -1.58. The van der Waals surface area contributed by atoms with Crippen LogP contribution >= 0.6 is 0 Å². The van der Waals surface area contributed by atoms with Gasteiger partial charge in [0.05, 0.1) is 5.69 Å². The van der Waals surface area contributed by atoms with Gasteiger partial charge in [-0.1, -0.05) is 6.08 Å². The number of H-pyrrole nitrogens is 1. The van der Waals surface area contributed by atoms with Crippen LogP contribution in [0.15, 0.2) is 15.7 Å². The Morgan fingerprint density at radius 2 is 2.25 bits per heavy atom. The van der Waals surface area contributed by atoms with E-state index >= 15 is 0 Å². The molecule has 2 rings (SSSR count). The van der Waals surface area contributed by atoms with Crippen LogP contribution in [-0.4, -0.2) is 9.55 Å². The largest absolute Gasteiger partial charge is 0.328 e. The first-order valence-corrected chi connectivity index (χ1v) is 3.69. The lowest BCUT2D eigenvalue weighted by molar-refractivity contribution is 0.778. The molecule has 0 radical (unpaired) electrons. The Morgan fingerprint density at radius 1 is 1.50 bits per heavy atom. The zero-order chi connectivity index (χ0) is 8.72. The van der Waals surface area contributed by atoms with Crippen LogP contribution in [0.4, 0.5) is 0 Å². The van der Waals surface area contributed by atoms with Crippen molar-refractivity contribution < 1.29 is 0 Å². The van der Waals surface area contributed by atoms with Crippen molar-refractivity contribution in [2.45, 2.75) is 6.42 Å². The second-order valence-electron chi connectivity index (χ2n) is 2.79. The monoisotopic (exact) mass is 164 g/mol. The summed E-state index contributed by atoms with van der Waals surface area (Å²) < 4.78 is 1.44. The maximum absolute atomic E-state index is 11.2. The molecule has 0 amide bonds. The van der Waals surface area contributed by atoms with Crippen molar-refractivity contribution in [1.82, 2.24) is 9.55 Å². The molecule has 12 heavy (non-hydrogen) atoms. The van der Waals surface area contributed by atoms with Crippen LogP contribution in [0.25, 0.3) is 6.08 Å². The lowest BCUT2D eigenvalue weighted by Gasteiger charge is -2.02. The normalized spacial score (nSPS) is 13.4. The first-order valence-electron chi connectivity index (χ1n) is 3.69. The van der Waals surface area contributed by atoms with Gasteiger partial charge >= 0.3 is 5.69 Å². The van der Waals surface area contributed by atoms with Crippen LogP contribution in [0.2, 0.25) is 0 Å². The van der Waals surface area contributed by atoms with Crippen molar-refractivity contribution in [3.05, 3.63) is 38.2 Å². The summed E-state index contributed by atoms with van der Waals surface area (Å²) in [6.07, 6.45) is 4.30. The molecule has 0 fully saturated rings. The van der Waals surface area contributed by atoms with Crippen molar-refractivity contribution in [2.75, 3.05) is 0 Å². The van der Waals surface area contributed by atoms with E-state index in [-0.39, 0.29) is 11.2 Å². The predicted octanol–water partition coefficient (Wildman–Crippen LogP) is -0.357. The van der Waals surface area contributed by atoms with Crippen LogP contribution in [0.1, 0.15) is 11.3 Å². The van der Waals surface area contributed by atoms with Gasteiger partial charge in [-0.2, -0.15) is 0 Å². The summed E-state index contributed by atoms with van der Waals surface area (Å²) in [5, 5.41) is 0. The standard InChI is InChI=1S/C8H8N2O2/c1-10-6-4-2-3-5(6)7(11)9-8(10)12/h2,4H,3H2,1H3,(H,9,11,12). The van der Waals surface area contributed by atoms with Gasteiger partial charge in [0, 0.05) is 12.6 Å². The summed E-state index contributed by atoms with van der Waals surface area (Å²) in [5.41, 5.74) is 0.782. The Morgan fingerprint density at radius 3 is 3.00 bits per heavy atom. The number of hydrogen-bond acceptors (Lipinski definition) is 2. The van der Waals surface area contributed by atoms with Gasteiger partial charge in [-0.25, -0.2) is 4.79 Å². The predicted molar refractivity (Wildman–Crippen MR) is 45.0 cm³/mol. The van der Waals surface area contributed by atoms with Gasteiger partial charge in [0.2, 0.25) is 0 Å². The minimum Gasteiger partial charge on any atom is -0.297 e. The van der Waals surface area contributed by atoms with Crippen molar-refractivity contribution in [1.29, 1.82) is 0 Å². The number of aromatic amines is 1. The molecule has 1 aliphatic carbocycles. The van der Waals surface area contributed by atoms with E-state index in [1.54, 1.807) is 13.1 Å². The van der Waals surface area contributed by atoms with E-state index in [1.165, 1.54) is 4.57 Å². The number of hydrogen-bond donors (Lipinski definition) is 1. The van der Waals surface area contributed by atoms with Gasteiger partial charge in [-0.15, -0.1) is 0 Å². The number of nitrogens with one attached hydrogen (secondary N) is 1. The van der Waals surface area contributed by atoms with Crippen LogP contribution in [0, 0.1) is 0 Å². The topological polar surface area (TPSA) is 54.9 Å². The summed E-state index contributed by atoms with van der Waals surface area (Å²) in [6.45, 7) is 0. The third-order valence-corrected chi connectivity index (χ3v) is 2.07. The van der Waals surface area contributed by atoms with Gasteiger partial charge in [-0.05, 0) is 12.5 Å². The second-order valence-corrected chi connectivity index (χ2v) is 2.79. The van der Waals surface area contributed by atoms with Gasteiger partial charge in [0.1, 0.15) is 0 Å². The SMILES string of the molecule is Cn1c2c(c(=O)[nH]c1=O)CC=C2. The van der Waals surface area contributed by atoms with Crippen LogP contribution in [0.5, 0.6) is 0 Å². The molecule has 0 saturated heterocycles. The quantitative estimate of drug-likeness (QED) is 0.569. The van der Waals surface area contributed by atoms with Crippen LogP contribution in [-0.2, 0) is 13.5 Å². The van der Waals surface area contributed by atoms with E-state index in [0.717, 1.165) is 5.69 Å². The fourth-order valence-corrected chi connectivity index (χ4v) is 1.38.